The highest BCUT2D eigenvalue weighted by molar-refractivity contribution is 6.31. The molecule has 2 aromatic carbocycles. The molecule has 0 unspecified atom stereocenters. The van der Waals surface area contributed by atoms with E-state index in [-0.39, 0.29) is 30.1 Å². The Bertz CT molecular complexity index is 756. The van der Waals surface area contributed by atoms with Crippen LogP contribution in [0.4, 0.5) is 4.39 Å². The van der Waals surface area contributed by atoms with Crippen LogP contribution < -0.4 is 10.6 Å². The Kier molecular flexibility index (Phi) is 6.30. The molecular weight excluding hydrogens is 329 g/mol. The van der Waals surface area contributed by atoms with E-state index in [1.54, 1.807) is 6.07 Å². The van der Waals surface area contributed by atoms with Gasteiger partial charge in [-0.15, -0.1) is 0 Å². The van der Waals surface area contributed by atoms with E-state index >= 15 is 0 Å². The fourth-order valence-electron chi connectivity index (χ4n) is 2.30. The Labute approximate surface area is 145 Å². The number of hydrogen-bond acceptors (Lipinski definition) is 3. The molecule has 0 fully saturated rings. The second-order valence-electron chi connectivity index (χ2n) is 5.33. The summed E-state index contributed by atoms with van der Waals surface area (Å²) >= 11 is 6.18. The van der Waals surface area contributed by atoms with Gasteiger partial charge in [0.2, 0.25) is 5.91 Å². The molecule has 0 heterocycles. The Balaban J connectivity index is 2.26. The van der Waals surface area contributed by atoms with Gasteiger partial charge in [0.05, 0.1) is 18.7 Å². The number of hydrogen-bond donors (Lipinski definition) is 2. The SMILES string of the molecule is Cc1ccc([C@H](NCC(=O)NCC#N)c2ccc(F)cc2Cl)cc1. The molecular formula is C18H17ClFN3O. The molecule has 4 nitrogen and oxygen atoms in total. The first kappa shape index (κ1) is 17.9. The van der Waals surface area contributed by atoms with E-state index in [9.17, 15) is 9.18 Å². The summed E-state index contributed by atoms with van der Waals surface area (Å²) in [7, 11) is 0. The lowest BCUT2D eigenvalue weighted by Gasteiger charge is -2.21. The molecule has 0 aliphatic carbocycles. The van der Waals surface area contributed by atoms with Gasteiger partial charge >= 0.3 is 0 Å². The summed E-state index contributed by atoms with van der Waals surface area (Å²) in [6, 6.07) is 13.4. The number of halogens is 2. The summed E-state index contributed by atoms with van der Waals surface area (Å²) in [6.07, 6.45) is 0. The van der Waals surface area contributed by atoms with Gasteiger partial charge in [0.25, 0.3) is 0 Å². The van der Waals surface area contributed by atoms with Crippen LogP contribution in [0.15, 0.2) is 42.5 Å². The molecule has 0 aliphatic heterocycles. The summed E-state index contributed by atoms with van der Waals surface area (Å²) in [5, 5.41) is 14.4. The molecule has 0 radical (unpaired) electrons. The minimum Gasteiger partial charge on any atom is -0.342 e. The lowest BCUT2D eigenvalue weighted by Crippen LogP contribution is -2.36. The van der Waals surface area contributed by atoms with Crippen molar-refractivity contribution in [3.05, 3.63) is 70.0 Å². The second kappa shape index (κ2) is 8.44. The zero-order valence-corrected chi connectivity index (χ0v) is 13.9. The van der Waals surface area contributed by atoms with Crippen molar-refractivity contribution >= 4 is 17.5 Å². The zero-order chi connectivity index (χ0) is 17.5. The number of amides is 1. The molecule has 0 aromatic heterocycles. The van der Waals surface area contributed by atoms with Crippen LogP contribution in [0.1, 0.15) is 22.7 Å². The Morgan fingerprint density at radius 2 is 2.00 bits per heavy atom. The van der Waals surface area contributed by atoms with E-state index in [4.69, 9.17) is 16.9 Å². The van der Waals surface area contributed by atoms with E-state index in [0.717, 1.165) is 11.1 Å². The molecule has 6 heteroatoms. The first-order valence-electron chi connectivity index (χ1n) is 7.40. The van der Waals surface area contributed by atoms with Crippen LogP contribution >= 0.6 is 11.6 Å². The summed E-state index contributed by atoms with van der Waals surface area (Å²) in [4.78, 5) is 11.7. The third-order valence-electron chi connectivity index (χ3n) is 3.52. The summed E-state index contributed by atoms with van der Waals surface area (Å²) in [5.41, 5.74) is 2.69. The van der Waals surface area contributed by atoms with E-state index in [1.165, 1.54) is 12.1 Å². The Morgan fingerprint density at radius 1 is 1.29 bits per heavy atom. The van der Waals surface area contributed by atoms with Crippen molar-refractivity contribution in [3.63, 3.8) is 0 Å². The maximum Gasteiger partial charge on any atom is 0.234 e. The molecule has 2 aromatic rings. The van der Waals surface area contributed by atoms with Crippen LogP contribution in [0.3, 0.4) is 0 Å². The molecule has 24 heavy (non-hydrogen) atoms. The van der Waals surface area contributed by atoms with Crippen LogP contribution in [-0.2, 0) is 4.79 Å². The lowest BCUT2D eigenvalue weighted by atomic mass is 9.97. The highest BCUT2D eigenvalue weighted by atomic mass is 35.5. The van der Waals surface area contributed by atoms with E-state index in [0.29, 0.717) is 5.56 Å². The van der Waals surface area contributed by atoms with Gasteiger partial charge in [0.15, 0.2) is 0 Å². The zero-order valence-electron chi connectivity index (χ0n) is 13.1. The maximum absolute atomic E-state index is 13.3. The number of carbonyl (C=O) groups excluding carboxylic acids is 1. The third-order valence-corrected chi connectivity index (χ3v) is 3.84. The largest absolute Gasteiger partial charge is 0.342 e. The standard InChI is InChI=1S/C18H17ClFN3O/c1-12-2-4-13(5-3-12)18(23-11-17(24)22-9-8-21)15-7-6-14(20)10-16(15)19/h2-7,10,18,23H,9,11H2,1H3,(H,22,24)/t18-/m0/s1. The van der Waals surface area contributed by atoms with Gasteiger partial charge in [-0.3, -0.25) is 10.1 Å². The number of benzene rings is 2. The van der Waals surface area contributed by atoms with Gasteiger partial charge in [-0.05, 0) is 30.2 Å². The van der Waals surface area contributed by atoms with Gasteiger partial charge < -0.3 is 5.32 Å². The van der Waals surface area contributed by atoms with Gasteiger partial charge in [-0.25, -0.2) is 4.39 Å². The number of rotatable bonds is 6. The topological polar surface area (TPSA) is 64.9 Å². The van der Waals surface area contributed by atoms with Gasteiger partial charge in [0.1, 0.15) is 12.4 Å². The molecule has 0 bridgehead atoms. The molecule has 1 atom stereocenters. The van der Waals surface area contributed by atoms with Crippen molar-refractivity contribution in [1.82, 2.24) is 10.6 Å². The summed E-state index contributed by atoms with van der Waals surface area (Å²) in [6.45, 7) is 1.94. The monoisotopic (exact) mass is 345 g/mol. The molecule has 1 amide bonds. The predicted molar refractivity (Wildman–Crippen MR) is 91.1 cm³/mol. The van der Waals surface area contributed by atoms with Crippen LogP contribution in [0.5, 0.6) is 0 Å². The highest BCUT2D eigenvalue weighted by Crippen LogP contribution is 2.29. The second-order valence-corrected chi connectivity index (χ2v) is 5.73. The quantitative estimate of drug-likeness (QED) is 0.791. The van der Waals surface area contributed by atoms with Crippen molar-refractivity contribution in [2.24, 2.45) is 0 Å². The van der Waals surface area contributed by atoms with Gasteiger partial charge in [-0.1, -0.05) is 47.5 Å². The van der Waals surface area contributed by atoms with Crippen molar-refractivity contribution in [1.29, 1.82) is 5.26 Å². The van der Waals surface area contributed by atoms with E-state index in [2.05, 4.69) is 10.6 Å². The van der Waals surface area contributed by atoms with Gasteiger partial charge in [-0.2, -0.15) is 5.26 Å². The average Bonchev–Trinajstić information content (AvgIpc) is 2.56. The number of nitrogens with zero attached hydrogens (tertiary/aromatic N) is 1. The molecule has 0 saturated heterocycles. The number of carbonyl (C=O) groups is 1. The van der Waals surface area contributed by atoms with Gasteiger partial charge in [0, 0.05) is 5.02 Å². The number of nitriles is 1. The molecule has 0 aliphatic rings. The Hall–Kier alpha value is -2.42. The van der Waals surface area contributed by atoms with E-state index < -0.39 is 5.82 Å². The number of nitrogens with one attached hydrogen (secondary N) is 2. The minimum absolute atomic E-state index is 0.00787. The van der Waals surface area contributed by atoms with Crippen molar-refractivity contribution in [2.45, 2.75) is 13.0 Å². The summed E-state index contributed by atoms with van der Waals surface area (Å²) < 4.78 is 13.3. The first-order chi connectivity index (χ1) is 11.5. The van der Waals surface area contributed by atoms with Crippen LogP contribution in [-0.4, -0.2) is 19.0 Å². The van der Waals surface area contributed by atoms with Crippen molar-refractivity contribution < 1.29 is 9.18 Å². The molecule has 0 spiro atoms. The van der Waals surface area contributed by atoms with E-state index in [1.807, 2.05) is 37.3 Å². The maximum atomic E-state index is 13.3. The van der Waals surface area contributed by atoms with Crippen LogP contribution in [0, 0.1) is 24.1 Å². The van der Waals surface area contributed by atoms with Crippen LogP contribution in [0.2, 0.25) is 5.02 Å². The number of aryl methyl sites for hydroxylation is 1. The van der Waals surface area contributed by atoms with Crippen molar-refractivity contribution in [3.8, 4) is 6.07 Å². The third kappa shape index (κ3) is 4.79. The predicted octanol–water partition coefficient (Wildman–Crippen LogP) is 3.11. The smallest absolute Gasteiger partial charge is 0.234 e. The molecule has 124 valence electrons. The first-order valence-corrected chi connectivity index (χ1v) is 7.77. The summed E-state index contributed by atoms with van der Waals surface area (Å²) in [5.74, 6) is -0.718. The van der Waals surface area contributed by atoms with Crippen molar-refractivity contribution in [2.75, 3.05) is 13.1 Å². The highest BCUT2D eigenvalue weighted by Gasteiger charge is 2.18. The fraction of sp³-hybridized carbons (Fsp3) is 0.222. The molecule has 2 rings (SSSR count). The fourth-order valence-corrected chi connectivity index (χ4v) is 2.57. The molecule has 0 saturated carbocycles. The molecule has 2 N–H and O–H groups in total. The lowest BCUT2D eigenvalue weighted by molar-refractivity contribution is -0.120. The van der Waals surface area contributed by atoms with Crippen LogP contribution in [0.25, 0.3) is 0 Å². The minimum atomic E-state index is -0.418. The average molecular weight is 346 g/mol. The Morgan fingerprint density at radius 3 is 2.62 bits per heavy atom. The normalized spacial score (nSPS) is 11.6.